The van der Waals surface area contributed by atoms with Gasteiger partial charge in [0.25, 0.3) is 5.22 Å². The Labute approximate surface area is 129 Å². The molecule has 0 aliphatic heterocycles. The van der Waals surface area contributed by atoms with Crippen molar-refractivity contribution in [1.82, 2.24) is 4.98 Å². The highest BCUT2D eigenvalue weighted by Gasteiger charge is 2.14. The number of oxazole rings is 1. The minimum Gasteiger partial charge on any atom is -0.477 e. The molecule has 0 saturated carbocycles. The highest BCUT2D eigenvalue weighted by Crippen LogP contribution is 2.30. The number of fused-ring (bicyclic) bond motifs is 1. The smallest absolute Gasteiger partial charge is 0.342 e. The molecule has 0 fully saturated rings. The van der Waals surface area contributed by atoms with Crippen LogP contribution in [0.1, 0.15) is 5.56 Å². The predicted octanol–water partition coefficient (Wildman–Crippen LogP) is 4.18. The van der Waals surface area contributed by atoms with Crippen LogP contribution in [-0.2, 0) is 4.79 Å². The molecule has 0 radical (unpaired) electrons. The van der Waals surface area contributed by atoms with Crippen LogP contribution in [0.2, 0.25) is 0 Å². The molecule has 0 atom stereocenters. The van der Waals surface area contributed by atoms with Crippen LogP contribution in [0, 0.1) is 5.82 Å². The Morgan fingerprint density at radius 2 is 1.91 bits per heavy atom. The van der Waals surface area contributed by atoms with E-state index in [0.29, 0.717) is 16.7 Å². The van der Waals surface area contributed by atoms with Crippen LogP contribution in [0.3, 0.4) is 0 Å². The summed E-state index contributed by atoms with van der Waals surface area (Å²) in [4.78, 5) is 15.6. The topological polar surface area (TPSA) is 63.3 Å². The fourth-order valence-corrected chi connectivity index (χ4v) is 2.58. The number of aromatic nitrogens is 1. The number of carboxylic acids is 1. The zero-order valence-electron chi connectivity index (χ0n) is 11.2. The second kappa shape index (κ2) is 6.03. The standard InChI is InChI=1S/C16H10FNO3S/c17-11-7-5-10(6-8-11)9-14(15(19)20)22-16-18-12-3-1-2-4-13(12)21-16/h1-9H,(H,19,20)/b14-9+. The van der Waals surface area contributed by atoms with Gasteiger partial charge in [-0.3, -0.25) is 0 Å². The Hall–Kier alpha value is -2.60. The van der Waals surface area contributed by atoms with Gasteiger partial charge < -0.3 is 9.52 Å². The summed E-state index contributed by atoms with van der Waals surface area (Å²) in [7, 11) is 0. The SMILES string of the molecule is O=C(O)/C(=C\c1ccc(F)cc1)Sc1nc2ccccc2o1. The number of carbonyl (C=O) groups is 1. The van der Waals surface area contributed by atoms with E-state index in [-0.39, 0.29) is 15.9 Å². The molecule has 6 heteroatoms. The van der Waals surface area contributed by atoms with Crippen LogP contribution >= 0.6 is 11.8 Å². The van der Waals surface area contributed by atoms with Crippen molar-refractivity contribution in [2.45, 2.75) is 5.22 Å². The van der Waals surface area contributed by atoms with E-state index in [1.165, 1.54) is 30.3 Å². The number of carboxylic acid groups (broad SMARTS) is 1. The van der Waals surface area contributed by atoms with Gasteiger partial charge in [0.05, 0.1) is 0 Å². The molecule has 3 aromatic rings. The minimum atomic E-state index is -1.10. The van der Waals surface area contributed by atoms with Crippen molar-refractivity contribution in [3.8, 4) is 0 Å². The maximum atomic E-state index is 12.9. The summed E-state index contributed by atoms with van der Waals surface area (Å²) in [5, 5.41) is 9.54. The van der Waals surface area contributed by atoms with Gasteiger partial charge in [-0.25, -0.2) is 14.2 Å². The van der Waals surface area contributed by atoms with E-state index >= 15 is 0 Å². The van der Waals surface area contributed by atoms with Gasteiger partial charge in [0.2, 0.25) is 0 Å². The van der Waals surface area contributed by atoms with Crippen LogP contribution in [0.5, 0.6) is 0 Å². The van der Waals surface area contributed by atoms with Gasteiger partial charge in [-0.15, -0.1) is 0 Å². The van der Waals surface area contributed by atoms with Crippen LogP contribution in [0.25, 0.3) is 17.2 Å². The molecule has 4 nitrogen and oxygen atoms in total. The van der Waals surface area contributed by atoms with E-state index in [1.54, 1.807) is 12.1 Å². The second-order valence-electron chi connectivity index (χ2n) is 4.41. The van der Waals surface area contributed by atoms with Gasteiger partial charge in [0.15, 0.2) is 5.58 Å². The zero-order chi connectivity index (χ0) is 15.5. The predicted molar refractivity (Wildman–Crippen MR) is 81.9 cm³/mol. The number of aliphatic carboxylic acids is 1. The summed E-state index contributed by atoms with van der Waals surface area (Å²) in [6.07, 6.45) is 1.45. The molecule has 0 aliphatic carbocycles. The van der Waals surface area contributed by atoms with E-state index in [4.69, 9.17) is 4.42 Å². The molecule has 1 N–H and O–H groups in total. The van der Waals surface area contributed by atoms with Crippen molar-refractivity contribution in [2.75, 3.05) is 0 Å². The van der Waals surface area contributed by atoms with Gasteiger partial charge >= 0.3 is 5.97 Å². The first-order valence-corrected chi connectivity index (χ1v) is 7.17. The maximum Gasteiger partial charge on any atom is 0.342 e. The van der Waals surface area contributed by atoms with E-state index < -0.39 is 5.97 Å². The van der Waals surface area contributed by atoms with Gasteiger partial charge in [-0.1, -0.05) is 24.3 Å². The minimum absolute atomic E-state index is 0.0400. The van der Waals surface area contributed by atoms with Gasteiger partial charge in [0, 0.05) is 0 Å². The molecule has 0 saturated heterocycles. The molecule has 110 valence electrons. The summed E-state index contributed by atoms with van der Waals surface area (Å²) < 4.78 is 18.4. The number of para-hydroxylation sites is 2. The molecule has 1 aromatic heterocycles. The lowest BCUT2D eigenvalue weighted by molar-refractivity contribution is -0.131. The molecule has 0 spiro atoms. The third kappa shape index (κ3) is 3.17. The highest BCUT2D eigenvalue weighted by molar-refractivity contribution is 8.03. The second-order valence-corrected chi connectivity index (χ2v) is 5.41. The third-order valence-electron chi connectivity index (χ3n) is 2.85. The largest absolute Gasteiger partial charge is 0.477 e. The van der Waals surface area contributed by atoms with Crippen LogP contribution in [0.15, 0.2) is 63.1 Å². The Morgan fingerprint density at radius 3 is 2.59 bits per heavy atom. The Bertz CT molecular complexity index is 822. The lowest BCUT2D eigenvalue weighted by Gasteiger charge is -1.99. The number of nitrogens with zero attached hydrogens (tertiary/aromatic N) is 1. The van der Waals surface area contributed by atoms with Crippen molar-refractivity contribution in [2.24, 2.45) is 0 Å². The van der Waals surface area contributed by atoms with E-state index in [0.717, 1.165) is 11.8 Å². The number of thioether (sulfide) groups is 1. The van der Waals surface area contributed by atoms with Crippen molar-refractivity contribution in [3.05, 3.63) is 64.8 Å². The van der Waals surface area contributed by atoms with E-state index in [1.807, 2.05) is 12.1 Å². The van der Waals surface area contributed by atoms with E-state index in [9.17, 15) is 14.3 Å². The summed E-state index contributed by atoms with van der Waals surface area (Å²) in [6.45, 7) is 0. The summed E-state index contributed by atoms with van der Waals surface area (Å²) in [5.41, 5.74) is 1.84. The zero-order valence-corrected chi connectivity index (χ0v) is 12.0. The normalized spacial score (nSPS) is 11.8. The summed E-state index contributed by atoms with van der Waals surface area (Å²) >= 11 is 0.912. The van der Waals surface area contributed by atoms with Crippen LogP contribution < -0.4 is 0 Å². The Balaban J connectivity index is 1.91. The van der Waals surface area contributed by atoms with Crippen molar-refractivity contribution in [1.29, 1.82) is 0 Å². The first kappa shape index (κ1) is 14.3. The summed E-state index contributed by atoms with van der Waals surface area (Å²) in [5.74, 6) is -1.47. The van der Waals surface area contributed by atoms with Crippen LogP contribution in [0.4, 0.5) is 4.39 Å². The van der Waals surface area contributed by atoms with Crippen molar-refractivity contribution >= 4 is 34.9 Å². The molecule has 2 aromatic carbocycles. The third-order valence-corrected chi connectivity index (χ3v) is 3.71. The van der Waals surface area contributed by atoms with Crippen molar-refractivity contribution < 1.29 is 18.7 Å². The van der Waals surface area contributed by atoms with Gasteiger partial charge in [0.1, 0.15) is 16.2 Å². The number of hydrogen-bond donors (Lipinski definition) is 1. The molecular formula is C16H10FNO3S. The molecule has 0 amide bonds. The molecule has 22 heavy (non-hydrogen) atoms. The van der Waals surface area contributed by atoms with Gasteiger partial charge in [-0.05, 0) is 47.7 Å². The number of benzene rings is 2. The number of hydrogen-bond acceptors (Lipinski definition) is 4. The summed E-state index contributed by atoms with van der Waals surface area (Å²) in [6, 6.07) is 12.7. The van der Waals surface area contributed by atoms with Crippen molar-refractivity contribution in [3.63, 3.8) is 0 Å². The molecule has 1 heterocycles. The Morgan fingerprint density at radius 1 is 1.18 bits per heavy atom. The Kier molecular flexibility index (Phi) is 3.93. The first-order valence-electron chi connectivity index (χ1n) is 6.36. The molecule has 0 bridgehead atoms. The quantitative estimate of drug-likeness (QED) is 0.578. The van der Waals surface area contributed by atoms with Crippen LogP contribution in [-0.4, -0.2) is 16.1 Å². The first-order chi connectivity index (χ1) is 10.6. The maximum absolute atomic E-state index is 12.9. The monoisotopic (exact) mass is 315 g/mol. The lowest BCUT2D eigenvalue weighted by Crippen LogP contribution is -1.96. The highest BCUT2D eigenvalue weighted by atomic mass is 32.2. The lowest BCUT2D eigenvalue weighted by atomic mass is 10.2. The molecule has 3 rings (SSSR count). The van der Waals surface area contributed by atoms with E-state index in [2.05, 4.69) is 4.98 Å². The molecule has 0 aliphatic rings. The fourth-order valence-electron chi connectivity index (χ4n) is 1.83. The fraction of sp³-hybridized carbons (Fsp3) is 0. The molecular weight excluding hydrogens is 305 g/mol. The number of halogens is 1. The molecule has 0 unspecified atom stereocenters. The van der Waals surface area contributed by atoms with Gasteiger partial charge in [-0.2, -0.15) is 0 Å². The average molecular weight is 315 g/mol. The average Bonchev–Trinajstić information content (AvgIpc) is 2.91. The number of rotatable bonds is 4.